The standard InChI is InChI=1S/C7H11NO4/c1-4-11-7(10)5(2)8-12-6(3)9/h4H2,1-3H3. The third-order valence-corrected chi connectivity index (χ3v) is 0.882. The zero-order valence-corrected chi connectivity index (χ0v) is 7.29. The van der Waals surface area contributed by atoms with Crippen LogP contribution in [0.5, 0.6) is 0 Å². The van der Waals surface area contributed by atoms with E-state index in [-0.39, 0.29) is 12.3 Å². The molecule has 0 bridgehead atoms. The first-order chi connectivity index (χ1) is 5.57. The molecule has 0 radical (unpaired) electrons. The fourth-order valence-electron chi connectivity index (χ4n) is 0.406. The smallest absolute Gasteiger partial charge is 0.355 e. The predicted molar refractivity (Wildman–Crippen MR) is 41.5 cm³/mol. The molecule has 5 heteroatoms. The van der Waals surface area contributed by atoms with Gasteiger partial charge >= 0.3 is 11.9 Å². The van der Waals surface area contributed by atoms with Gasteiger partial charge in [0.25, 0.3) is 0 Å². The van der Waals surface area contributed by atoms with E-state index < -0.39 is 11.9 Å². The monoisotopic (exact) mass is 173 g/mol. The number of carbonyl (C=O) groups excluding carboxylic acids is 2. The van der Waals surface area contributed by atoms with Gasteiger partial charge in [-0.15, -0.1) is 0 Å². The van der Waals surface area contributed by atoms with Crippen LogP contribution < -0.4 is 0 Å². The van der Waals surface area contributed by atoms with Gasteiger partial charge in [-0.3, -0.25) is 0 Å². The van der Waals surface area contributed by atoms with Crippen LogP contribution in [0.25, 0.3) is 0 Å². The quantitative estimate of drug-likeness (QED) is 0.269. The minimum Gasteiger partial charge on any atom is -0.461 e. The number of ether oxygens (including phenoxy) is 1. The van der Waals surface area contributed by atoms with Gasteiger partial charge in [0.05, 0.1) is 6.61 Å². The maximum atomic E-state index is 10.8. The summed E-state index contributed by atoms with van der Waals surface area (Å²) >= 11 is 0. The maximum Gasteiger partial charge on any atom is 0.355 e. The van der Waals surface area contributed by atoms with Crippen molar-refractivity contribution in [3.05, 3.63) is 0 Å². The van der Waals surface area contributed by atoms with Crippen molar-refractivity contribution in [2.24, 2.45) is 5.16 Å². The van der Waals surface area contributed by atoms with Crippen molar-refractivity contribution in [2.45, 2.75) is 20.8 Å². The molecule has 0 aromatic rings. The zero-order chi connectivity index (χ0) is 9.56. The lowest BCUT2D eigenvalue weighted by molar-refractivity contribution is -0.141. The topological polar surface area (TPSA) is 65.0 Å². The fourth-order valence-corrected chi connectivity index (χ4v) is 0.406. The van der Waals surface area contributed by atoms with E-state index in [1.54, 1.807) is 6.92 Å². The molecule has 0 N–H and O–H groups in total. The first-order valence-corrected chi connectivity index (χ1v) is 3.47. The molecule has 0 unspecified atom stereocenters. The van der Waals surface area contributed by atoms with Crippen LogP contribution in [0.1, 0.15) is 20.8 Å². The molecule has 0 rings (SSSR count). The van der Waals surface area contributed by atoms with Gasteiger partial charge in [0, 0.05) is 6.92 Å². The highest BCUT2D eigenvalue weighted by molar-refractivity contribution is 6.35. The number of esters is 1. The van der Waals surface area contributed by atoms with E-state index in [0.717, 1.165) is 0 Å². The summed E-state index contributed by atoms with van der Waals surface area (Å²) in [7, 11) is 0. The minimum absolute atomic E-state index is 0.0204. The Bertz CT molecular complexity index is 209. The number of oxime groups is 1. The van der Waals surface area contributed by atoms with E-state index in [1.165, 1.54) is 13.8 Å². The minimum atomic E-state index is -0.584. The Morgan fingerprint density at radius 2 is 1.92 bits per heavy atom. The van der Waals surface area contributed by atoms with Crippen LogP contribution in [0.3, 0.4) is 0 Å². The normalized spacial score (nSPS) is 10.8. The number of rotatable bonds is 3. The van der Waals surface area contributed by atoms with Crippen molar-refractivity contribution in [3.8, 4) is 0 Å². The van der Waals surface area contributed by atoms with Crippen molar-refractivity contribution in [3.63, 3.8) is 0 Å². The van der Waals surface area contributed by atoms with Crippen LogP contribution in [0.15, 0.2) is 5.16 Å². The summed E-state index contributed by atoms with van der Waals surface area (Å²) in [5, 5.41) is 3.23. The van der Waals surface area contributed by atoms with Gasteiger partial charge in [-0.25, -0.2) is 9.59 Å². The van der Waals surface area contributed by atoms with Crippen molar-refractivity contribution in [2.75, 3.05) is 6.61 Å². The van der Waals surface area contributed by atoms with E-state index in [9.17, 15) is 9.59 Å². The molecular weight excluding hydrogens is 162 g/mol. The van der Waals surface area contributed by atoms with Gasteiger partial charge in [-0.1, -0.05) is 5.16 Å². The van der Waals surface area contributed by atoms with E-state index in [2.05, 4.69) is 14.7 Å². The molecular formula is C7H11NO4. The molecule has 5 nitrogen and oxygen atoms in total. The number of hydrogen-bond donors (Lipinski definition) is 0. The number of carbonyl (C=O) groups is 2. The van der Waals surface area contributed by atoms with E-state index >= 15 is 0 Å². The first kappa shape index (κ1) is 10.6. The molecule has 12 heavy (non-hydrogen) atoms. The van der Waals surface area contributed by atoms with Crippen LogP contribution in [0.2, 0.25) is 0 Å². The van der Waals surface area contributed by atoms with Gasteiger partial charge in [-0.2, -0.15) is 0 Å². The summed E-state index contributed by atoms with van der Waals surface area (Å²) in [5.41, 5.74) is 0.0204. The first-order valence-electron chi connectivity index (χ1n) is 3.47. The lowest BCUT2D eigenvalue weighted by atomic mass is 10.4. The highest BCUT2D eigenvalue weighted by Gasteiger charge is 2.06. The molecule has 0 aliphatic carbocycles. The average molecular weight is 173 g/mol. The number of nitrogens with zero attached hydrogens (tertiary/aromatic N) is 1. The van der Waals surface area contributed by atoms with Gasteiger partial charge < -0.3 is 9.57 Å². The van der Waals surface area contributed by atoms with Crippen LogP contribution in [0.4, 0.5) is 0 Å². The molecule has 0 spiro atoms. The Morgan fingerprint density at radius 1 is 1.33 bits per heavy atom. The Hall–Kier alpha value is -1.39. The van der Waals surface area contributed by atoms with Crippen molar-refractivity contribution < 1.29 is 19.2 Å². The molecule has 0 amide bonds. The molecule has 0 aliphatic rings. The molecule has 68 valence electrons. The Morgan fingerprint density at radius 3 is 2.33 bits per heavy atom. The lowest BCUT2D eigenvalue weighted by Crippen LogP contribution is -2.14. The van der Waals surface area contributed by atoms with Crippen LogP contribution in [-0.4, -0.2) is 24.3 Å². The molecule has 0 fully saturated rings. The highest BCUT2D eigenvalue weighted by atomic mass is 16.7. The Labute approximate surface area is 70.3 Å². The number of hydrogen-bond acceptors (Lipinski definition) is 5. The van der Waals surface area contributed by atoms with Crippen molar-refractivity contribution in [1.29, 1.82) is 0 Å². The molecule has 0 aliphatic heterocycles. The summed E-state index contributed by atoms with van der Waals surface area (Å²) in [6.07, 6.45) is 0. The predicted octanol–water partition coefficient (Wildman–Crippen LogP) is 0.488. The molecule has 0 heterocycles. The second kappa shape index (κ2) is 5.29. The second-order valence-electron chi connectivity index (χ2n) is 1.98. The van der Waals surface area contributed by atoms with Gasteiger partial charge in [0.2, 0.25) is 0 Å². The van der Waals surface area contributed by atoms with Crippen molar-refractivity contribution >= 4 is 17.7 Å². The van der Waals surface area contributed by atoms with Crippen LogP contribution in [-0.2, 0) is 19.2 Å². The van der Waals surface area contributed by atoms with Gasteiger partial charge in [-0.05, 0) is 13.8 Å². The van der Waals surface area contributed by atoms with E-state index in [0.29, 0.717) is 0 Å². The SMILES string of the molecule is CCOC(=O)C(C)=NOC(C)=O. The summed E-state index contributed by atoms with van der Waals surface area (Å²) < 4.78 is 4.57. The summed E-state index contributed by atoms with van der Waals surface area (Å²) in [5.74, 6) is -1.16. The summed E-state index contributed by atoms with van der Waals surface area (Å²) in [6.45, 7) is 4.55. The van der Waals surface area contributed by atoms with Gasteiger partial charge in [0.15, 0.2) is 5.71 Å². The van der Waals surface area contributed by atoms with E-state index in [4.69, 9.17) is 0 Å². The summed E-state index contributed by atoms with van der Waals surface area (Å²) in [6, 6.07) is 0. The lowest BCUT2D eigenvalue weighted by Gasteiger charge is -1.98. The summed E-state index contributed by atoms with van der Waals surface area (Å²) in [4.78, 5) is 25.3. The Kier molecular flexibility index (Phi) is 4.67. The third-order valence-electron chi connectivity index (χ3n) is 0.882. The van der Waals surface area contributed by atoms with Crippen LogP contribution >= 0.6 is 0 Å². The maximum absolute atomic E-state index is 10.8. The molecule has 0 saturated heterocycles. The van der Waals surface area contributed by atoms with Crippen LogP contribution in [0, 0.1) is 0 Å². The second-order valence-corrected chi connectivity index (χ2v) is 1.98. The third kappa shape index (κ3) is 4.43. The highest BCUT2D eigenvalue weighted by Crippen LogP contribution is 1.86. The van der Waals surface area contributed by atoms with Crippen molar-refractivity contribution in [1.82, 2.24) is 0 Å². The fraction of sp³-hybridized carbons (Fsp3) is 0.571. The molecule has 0 saturated carbocycles. The molecule has 0 atom stereocenters. The zero-order valence-electron chi connectivity index (χ0n) is 7.29. The average Bonchev–Trinajstić information content (AvgIpc) is 2.00. The van der Waals surface area contributed by atoms with Gasteiger partial charge in [0.1, 0.15) is 0 Å². The molecule has 0 aromatic heterocycles. The Balaban J connectivity index is 3.99. The molecule has 0 aromatic carbocycles. The largest absolute Gasteiger partial charge is 0.461 e. The van der Waals surface area contributed by atoms with E-state index in [1.807, 2.05) is 0 Å².